The molecule has 2 aromatic carbocycles. The summed E-state index contributed by atoms with van der Waals surface area (Å²) in [5.74, 6) is -0.164. The molecule has 0 saturated carbocycles. The lowest BCUT2D eigenvalue weighted by Gasteiger charge is -2.21. The van der Waals surface area contributed by atoms with Gasteiger partial charge in [-0.25, -0.2) is 4.39 Å². The van der Waals surface area contributed by atoms with Gasteiger partial charge in [-0.05, 0) is 35.6 Å². The predicted octanol–water partition coefficient (Wildman–Crippen LogP) is 4.22. The fourth-order valence-electron chi connectivity index (χ4n) is 3.30. The smallest absolute Gasteiger partial charge is 0.258 e. The largest absolute Gasteiger partial charge is 0.325 e. The number of hydrogen-bond acceptors (Lipinski definition) is 3. The lowest BCUT2D eigenvalue weighted by molar-refractivity contribution is 0.499. The first-order chi connectivity index (χ1) is 12.5. The number of aromatic nitrogens is 1. The monoisotopic (exact) mass is 385 g/mol. The van der Waals surface area contributed by atoms with Gasteiger partial charge < -0.3 is 10.3 Å². The van der Waals surface area contributed by atoms with Crippen LogP contribution in [0, 0.1) is 23.1 Å². The van der Waals surface area contributed by atoms with Crippen molar-refractivity contribution in [1.29, 1.82) is 5.26 Å². The predicted molar refractivity (Wildman–Crippen MR) is 108 cm³/mol. The van der Waals surface area contributed by atoms with Gasteiger partial charge >= 0.3 is 0 Å². The molecular weight excluding hydrogens is 365 g/mol. The van der Waals surface area contributed by atoms with Gasteiger partial charge in [0.1, 0.15) is 5.82 Å². The van der Waals surface area contributed by atoms with Crippen LogP contribution >= 0.6 is 12.4 Å². The summed E-state index contributed by atoms with van der Waals surface area (Å²) in [7, 11) is 0. The van der Waals surface area contributed by atoms with Crippen LogP contribution in [0.3, 0.4) is 0 Å². The molecule has 6 heteroatoms. The molecular formula is C21H21ClFN3O. The minimum Gasteiger partial charge on any atom is -0.325 e. The van der Waals surface area contributed by atoms with Crippen molar-refractivity contribution in [2.24, 2.45) is 11.7 Å². The molecule has 3 aromatic rings. The van der Waals surface area contributed by atoms with E-state index in [2.05, 4.69) is 6.07 Å². The van der Waals surface area contributed by atoms with Crippen LogP contribution in [-0.2, 0) is 13.1 Å². The van der Waals surface area contributed by atoms with Crippen molar-refractivity contribution in [2.45, 2.75) is 26.9 Å². The Labute approximate surface area is 163 Å². The third-order valence-corrected chi connectivity index (χ3v) is 4.39. The minimum absolute atomic E-state index is 0. The number of pyridine rings is 1. The van der Waals surface area contributed by atoms with E-state index in [9.17, 15) is 14.4 Å². The molecule has 0 radical (unpaired) electrons. The summed E-state index contributed by atoms with van der Waals surface area (Å²) in [4.78, 5) is 13.0. The third-order valence-electron chi connectivity index (χ3n) is 4.39. The maximum absolute atomic E-state index is 14.6. The SMILES string of the molecule is CC(C)Cn1c(CN)c(-c2ccccc2F)c2cc(C#N)ccc2c1=O.Cl. The Morgan fingerprint density at radius 3 is 2.48 bits per heavy atom. The molecule has 0 aliphatic rings. The first kappa shape index (κ1) is 20.6. The van der Waals surface area contributed by atoms with Gasteiger partial charge in [-0.1, -0.05) is 32.0 Å². The summed E-state index contributed by atoms with van der Waals surface area (Å²) in [6.45, 7) is 4.61. The number of rotatable bonds is 4. The molecule has 0 unspecified atom stereocenters. The fraction of sp³-hybridized carbons (Fsp3) is 0.238. The zero-order chi connectivity index (χ0) is 18.8. The second-order valence-electron chi connectivity index (χ2n) is 6.69. The molecule has 0 aliphatic carbocycles. The second-order valence-corrected chi connectivity index (χ2v) is 6.69. The van der Waals surface area contributed by atoms with Crippen molar-refractivity contribution in [3.63, 3.8) is 0 Å². The first-order valence-corrected chi connectivity index (χ1v) is 8.52. The van der Waals surface area contributed by atoms with Gasteiger partial charge in [0.05, 0.1) is 11.6 Å². The molecule has 0 spiro atoms. The van der Waals surface area contributed by atoms with Crippen LogP contribution in [0.5, 0.6) is 0 Å². The number of nitrogens with zero attached hydrogens (tertiary/aromatic N) is 2. The minimum atomic E-state index is -0.388. The Hall–Kier alpha value is -2.68. The molecule has 0 saturated heterocycles. The molecule has 1 heterocycles. The lowest BCUT2D eigenvalue weighted by atomic mass is 9.94. The highest BCUT2D eigenvalue weighted by molar-refractivity contribution is 5.98. The molecule has 0 bridgehead atoms. The zero-order valence-corrected chi connectivity index (χ0v) is 16.0. The highest BCUT2D eigenvalue weighted by Gasteiger charge is 2.20. The fourth-order valence-corrected chi connectivity index (χ4v) is 3.30. The summed E-state index contributed by atoms with van der Waals surface area (Å²) < 4.78 is 16.2. The topological polar surface area (TPSA) is 71.8 Å². The van der Waals surface area contributed by atoms with E-state index < -0.39 is 0 Å². The molecule has 0 aliphatic heterocycles. The van der Waals surface area contributed by atoms with E-state index in [1.165, 1.54) is 6.07 Å². The van der Waals surface area contributed by atoms with Crippen LogP contribution in [0.2, 0.25) is 0 Å². The van der Waals surface area contributed by atoms with Gasteiger partial charge in [0.15, 0.2) is 0 Å². The maximum atomic E-state index is 14.6. The van der Waals surface area contributed by atoms with Crippen LogP contribution in [0.25, 0.3) is 21.9 Å². The van der Waals surface area contributed by atoms with Crippen molar-refractivity contribution in [2.75, 3.05) is 0 Å². The summed E-state index contributed by atoms with van der Waals surface area (Å²) in [6.07, 6.45) is 0. The maximum Gasteiger partial charge on any atom is 0.258 e. The van der Waals surface area contributed by atoms with Crippen molar-refractivity contribution >= 4 is 23.2 Å². The molecule has 140 valence electrons. The van der Waals surface area contributed by atoms with Crippen LogP contribution in [-0.4, -0.2) is 4.57 Å². The van der Waals surface area contributed by atoms with E-state index in [-0.39, 0.29) is 36.2 Å². The van der Waals surface area contributed by atoms with E-state index in [4.69, 9.17) is 5.73 Å². The van der Waals surface area contributed by atoms with Gasteiger partial charge in [0.2, 0.25) is 0 Å². The quantitative estimate of drug-likeness (QED) is 0.731. The average molecular weight is 386 g/mol. The van der Waals surface area contributed by atoms with E-state index in [1.54, 1.807) is 41.0 Å². The van der Waals surface area contributed by atoms with E-state index in [0.717, 1.165) is 0 Å². The highest BCUT2D eigenvalue weighted by atomic mass is 35.5. The first-order valence-electron chi connectivity index (χ1n) is 8.52. The highest BCUT2D eigenvalue weighted by Crippen LogP contribution is 2.33. The summed E-state index contributed by atoms with van der Waals surface area (Å²) in [5, 5.41) is 10.3. The lowest BCUT2D eigenvalue weighted by Crippen LogP contribution is -2.28. The summed E-state index contributed by atoms with van der Waals surface area (Å²) in [6, 6.07) is 13.4. The molecule has 0 amide bonds. The number of halogens is 2. The van der Waals surface area contributed by atoms with Gasteiger partial charge in [0.25, 0.3) is 5.56 Å². The Morgan fingerprint density at radius 1 is 1.19 bits per heavy atom. The van der Waals surface area contributed by atoms with Gasteiger partial charge in [0, 0.05) is 35.3 Å². The normalized spacial score (nSPS) is 10.7. The van der Waals surface area contributed by atoms with Crippen molar-refractivity contribution in [3.8, 4) is 17.2 Å². The third kappa shape index (κ3) is 3.73. The Kier molecular flexibility index (Phi) is 6.37. The van der Waals surface area contributed by atoms with Gasteiger partial charge in [-0.3, -0.25) is 4.79 Å². The number of nitriles is 1. The van der Waals surface area contributed by atoms with E-state index in [0.29, 0.717) is 39.7 Å². The van der Waals surface area contributed by atoms with Gasteiger partial charge in [-0.15, -0.1) is 12.4 Å². The van der Waals surface area contributed by atoms with E-state index in [1.807, 2.05) is 13.8 Å². The molecule has 0 fully saturated rings. The van der Waals surface area contributed by atoms with Crippen LogP contribution in [0.1, 0.15) is 25.1 Å². The summed E-state index contributed by atoms with van der Waals surface area (Å²) >= 11 is 0. The van der Waals surface area contributed by atoms with Crippen molar-refractivity contribution in [1.82, 2.24) is 4.57 Å². The molecule has 0 atom stereocenters. The zero-order valence-electron chi connectivity index (χ0n) is 15.2. The van der Waals surface area contributed by atoms with Crippen molar-refractivity contribution < 1.29 is 4.39 Å². The molecule has 1 aromatic heterocycles. The molecule has 27 heavy (non-hydrogen) atoms. The Bertz CT molecular complexity index is 1080. The number of hydrogen-bond donors (Lipinski definition) is 1. The molecule has 2 N–H and O–H groups in total. The average Bonchev–Trinajstić information content (AvgIpc) is 2.63. The number of nitrogens with two attached hydrogens (primary N) is 1. The van der Waals surface area contributed by atoms with Crippen LogP contribution < -0.4 is 11.3 Å². The second kappa shape index (κ2) is 8.34. The number of benzene rings is 2. The Balaban J connectivity index is 0.00000261. The molecule has 4 nitrogen and oxygen atoms in total. The number of fused-ring (bicyclic) bond motifs is 1. The molecule has 3 rings (SSSR count). The van der Waals surface area contributed by atoms with Crippen LogP contribution in [0.4, 0.5) is 4.39 Å². The van der Waals surface area contributed by atoms with E-state index >= 15 is 0 Å². The van der Waals surface area contributed by atoms with Crippen molar-refractivity contribution in [3.05, 3.63) is 69.9 Å². The summed E-state index contributed by atoms with van der Waals surface area (Å²) in [5.41, 5.74) is 7.79. The Morgan fingerprint density at radius 2 is 1.89 bits per heavy atom. The van der Waals surface area contributed by atoms with Gasteiger partial charge in [-0.2, -0.15) is 5.26 Å². The van der Waals surface area contributed by atoms with Crippen LogP contribution in [0.15, 0.2) is 47.3 Å². The standard InChI is InChI=1S/C21H20FN3O.ClH/c1-13(2)12-25-19(11-24)20(16-5-3-4-6-18(16)22)17-9-14(10-23)7-8-15(17)21(25)26;/h3-9,13H,11-12,24H2,1-2H3;1H.